The Morgan fingerprint density at radius 1 is 1.60 bits per heavy atom. The van der Waals surface area contributed by atoms with E-state index in [0.717, 1.165) is 12.8 Å². The highest BCUT2D eigenvalue weighted by atomic mass is 79.9. The van der Waals surface area contributed by atoms with Gasteiger partial charge in [0.25, 0.3) is 0 Å². The molecule has 0 aliphatic heterocycles. The van der Waals surface area contributed by atoms with Crippen molar-refractivity contribution in [2.24, 2.45) is 5.92 Å². The van der Waals surface area contributed by atoms with E-state index in [0.29, 0.717) is 0 Å². The lowest BCUT2D eigenvalue weighted by molar-refractivity contribution is -0.137. The van der Waals surface area contributed by atoms with E-state index in [4.69, 9.17) is 5.11 Å². The molecule has 0 aromatic carbocycles. The molecule has 0 aromatic heterocycles. The van der Waals surface area contributed by atoms with Crippen molar-refractivity contribution in [2.75, 3.05) is 0 Å². The highest BCUT2D eigenvalue weighted by molar-refractivity contribution is 9.10. The molecule has 0 fully saturated rings. The zero-order valence-electron chi connectivity index (χ0n) is 5.46. The van der Waals surface area contributed by atoms with Gasteiger partial charge in [-0.25, -0.2) is 0 Å². The van der Waals surface area contributed by atoms with Crippen molar-refractivity contribution in [2.45, 2.75) is 17.7 Å². The van der Waals surface area contributed by atoms with Gasteiger partial charge in [0.05, 0.1) is 0 Å². The molecule has 1 atom stereocenters. The van der Waals surface area contributed by atoms with Crippen molar-refractivity contribution < 1.29 is 9.90 Å². The molecule has 1 N–H and O–H groups in total. The molecular weight excluding hydrogens is 196 g/mol. The molecule has 1 unspecified atom stereocenters. The second-order valence-corrected chi connectivity index (χ2v) is 3.43. The van der Waals surface area contributed by atoms with Gasteiger partial charge >= 0.3 is 5.97 Å². The third kappa shape index (κ3) is 1.59. The van der Waals surface area contributed by atoms with Crippen LogP contribution in [0.1, 0.15) is 12.8 Å². The molecule has 0 heterocycles. The number of hydrogen-bond acceptors (Lipinski definition) is 1. The first-order chi connectivity index (χ1) is 4.72. The predicted octanol–water partition coefficient (Wildman–Crippen LogP) is 1.80. The van der Waals surface area contributed by atoms with E-state index in [1.165, 1.54) is 0 Å². The average Bonchev–Trinajstić information content (AvgIpc) is 2.36. The fraction of sp³-hybridized carbons (Fsp3) is 0.571. The van der Waals surface area contributed by atoms with E-state index in [-0.39, 0.29) is 10.7 Å². The number of carboxylic acid groups (broad SMARTS) is 1. The number of rotatable bonds is 2. The first-order valence-electron chi connectivity index (χ1n) is 3.23. The van der Waals surface area contributed by atoms with Gasteiger partial charge in [0.2, 0.25) is 0 Å². The van der Waals surface area contributed by atoms with E-state index in [9.17, 15) is 4.79 Å². The Morgan fingerprint density at radius 2 is 2.10 bits per heavy atom. The first-order valence-corrected chi connectivity index (χ1v) is 4.15. The van der Waals surface area contributed by atoms with Crippen LogP contribution < -0.4 is 0 Å². The van der Waals surface area contributed by atoms with Gasteiger partial charge in [0.15, 0.2) is 0 Å². The van der Waals surface area contributed by atoms with E-state index in [1.54, 1.807) is 0 Å². The van der Waals surface area contributed by atoms with Crippen molar-refractivity contribution in [1.29, 1.82) is 0 Å². The Morgan fingerprint density at radius 3 is 2.50 bits per heavy atom. The van der Waals surface area contributed by atoms with Crippen LogP contribution in [0.3, 0.4) is 0 Å². The lowest BCUT2D eigenvalue weighted by atomic mass is 10.0. The van der Waals surface area contributed by atoms with Crippen molar-refractivity contribution in [3.8, 4) is 0 Å². The van der Waals surface area contributed by atoms with Gasteiger partial charge in [-0.1, -0.05) is 28.1 Å². The normalized spacial score (nSPS) is 21.3. The predicted molar refractivity (Wildman–Crippen MR) is 42.2 cm³/mol. The highest BCUT2D eigenvalue weighted by Gasteiger charge is 2.25. The van der Waals surface area contributed by atoms with Crippen LogP contribution in [0.2, 0.25) is 0 Å². The maximum Gasteiger partial charge on any atom is 0.317 e. The minimum absolute atomic E-state index is 0.262. The van der Waals surface area contributed by atoms with Crippen LogP contribution in [0.15, 0.2) is 12.2 Å². The molecule has 0 radical (unpaired) electrons. The molecule has 56 valence electrons. The van der Waals surface area contributed by atoms with Crippen LogP contribution in [-0.4, -0.2) is 15.9 Å². The number of carboxylic acids is 1. The molecule has 0 bridgehead atoms. The van der Waals surface area contributed by atoms with Crippen molar-refractivity contribution >= 4 is 21.9 Å². The van der Waals surface area contributed by atoms with Crippen molar-refractivity contribution in [1.82, 2.24) is 0 Å². The number of hydrogen-bond donors (Lipinski definition) is 1. The molecule has 0 aromatic rings. The minimum Gasteiger partial charge on any atom is -0.480 e. The van der Waals surface area contributed by atoms with Crippen LogP contribution in [-0.2, 0) is 4.79 Å². The highest BCUT2D eigenvalue weighted by Crippen LogP contribution is 2.26. The molecule has 0 saturated carbocycles. The number of aliphatic carboxylic acids is 1. The molecule has 0 saturated heterocycles. The summed E-state index contributed by atoms with van der Waals surface area (Å²) in [5, 5.41) is 8.57. The Kier molecular flexibility index (Phi) is 2.49. The van der Waals surface area contributed by atoms with Gasteiger partial charge in [-0.3, -0.25) is 4.79 Å². The standard InChI is InChI=1S/C7H9BrO2/c8-6(7(9)10)5-3-1-2-4-5/h1-2,5-6H,3-4H2,(H,9,10). The minimum atomic E-state index is -0.756. The Hall–Kier alpha value is -0.310. The van der Waals surface area contributed by atoms with Crippen molar-refractivity contribution in [3.63, 3.8) is 0 Å². The topological polar surface area (TPSA) is 37.3 Å². The maximum atomic E-state index is 10.4. The van der Waals surface area contributed by atoms with Gasteiger partial charge in [-0.05, 0) is 18.8 Å². The van der Waals surface area contributed by atoms with Gasteiger partial charge in [0.1, 0.15) is 4.83 Å². The Bertz CT molecular complexity index is 157. The zero-order valence-corrected chi connectivity index (χ0v) is 7.04. The van der Waals surface area contributed by atoms with E-state index < -0.39 is 5.97 Å². The Labute approximate surface area is 68.1 Å². The number of halogens is 1. The van der Waals surface area contributed by atoms with E-state index >= 15 is 0 Å². The Balaban J connectivity index is 2.42. The number of alkyl halides is 1. The maximum absolute atomic E-state index is 10.4. The monoisotopic (exact) mass is 204 g/mol. The van der Waals surface area contributed by atoms with Crippen LogP contribution in [0.5, 0.6) is 0 Å². The summed E-state index contributed by atoms with van der Waals surface area (Å²) < 4.78 is 0. The van der Waals surface area contributed by atoms with Crippen LogP contribution in [0, 0.1) is 5.92 Å². The lowest BCUT2D eigenvalue weighted by Crippen LogP contribution is -2.21. The van der Waals surface area contributed by atoms with Gasteiger partial charge in [0, 0.05) is 0 Å². The van der Waals surface area contributed by atoms with Gasteiger partial charge < -0.3 is 5.11 Å². The molecule has 10 heavy (non-hydrogen) atoms. The van der Waals surface area contributed by atoms with Crippen molar-refractivity contribution in [3.05, 3.63) is 12.2 Å². The van der Waals surface area contributed by atoms with Gasteiger partial charge in [-0.15, -0.1) is 0 Å². The smallest absolute Gasteiger partial charge is 0.317 e. The average molecular weight is 205 g/mol. The van der Waals surface area contributed by atoms with Crippen LogP contribution in [0.4, 0.5) is 0 Å². The third-order valence-electron chi connectivity index (χ3n) is 1.69. The number of carbonyl (C=O) groups is 1. The largest absolute Gasteiger partial charge is 0.480 e. The van der Waals surface area contributed by atoms with E-state index in [2.05, 4.69) is 15.9 Å². The quantitative estimate of drug-likeness (QED) is 0.551. The molecule has 2 nitrogen and oxygen atoms in total. The molecule has 1 aliphatic rings. The lowest BCUT2D eigenvalue weighted by Gasteiger charge is -2.11. The SMILES string of the molecule is O=C(O)C(Br)C1CC=CC1. The summed E-state index contributed by atoms with van der Waals surface area (Å²) in [6.07, 6.45) is 5.84. The summed E-state index contributed by atoms with van der Waals surface area (Å²) in [6.45, 7) is 0. The molecule has 3 heteroatoms. The zero-order chi connectivity index (χ0) is 7.56. The van der Waals surface area contributed by atoms with Crippen LogP contribution >= 0.6 is 15.9 Å². The molecule has 0 spiro atoms. The third-order valence-corrected chi connectivity index (χ3v) is 2.83. The second-order valence-electron chi connectivity index (χ2n) is 2.44. The summed E-state index contributed by atoms with van der Waals surface area (Å²) in [4.78, 5) is 10.0. The summed E-state index contributed by atoms with van der Waals surface area (Å²) in [5.74, 6) is -0.494. The van der Waals surface area contributed by atoms with Crippen LogP contribution in [0.25, 0.3) is 0 Å². The summed E-state index contributed by atoms with van der Waals surface area (Å²) >= 11 is 3.13. The molecule has 1 aliphatic carbocycles. The van der Waals surface area contributed by atoms with E-state index in [1.807, 2.05) is 12.2 Å². The summed E-state index contributed by atoms with van der Waals surface area (Å²) in [5.41, 5.74) is 0. The molecule has 0 amide bonds. The second kappa shape index (κ2) is 3.19. The first kappa shape index (κ1) is 7.79. The fourth-order valence-corrected chi connectivity index (χ4v) is 1.51. The summed E-state index contributed by atoms with van der Waals surface area (Å²) in [6, 6.07) is 0. The molecule has 1 rings (SSSR count). The number of allylic oxidation sites excluding steroid dienone is 2. The fourth-order valence-electron chi connectivity index (χ4n) is 1.08. The van der Waals surface area contributed by atoms with Gasteiger partial charge in [-0.2, -0.15) is 0 Å². The summed E-state index contributed by atoms with van der Waals surface area (Å²) in [7, 11) is 0. The molecular formula is C7H9BrO2.